The number of hydrazone groups is 1. The van der Waals surface area contributed by atoms with Crippen molar-refractivity contribution >= 4 is 5.71 Å². The Morgan fingerprint density at radius 1 is 1.10 bits per heavy atom. The number of aryl methyl sites for hydroxylation is 1. The molecule has 0 spiro atoms. The summed E-state index contributed by atoms with van der Waals surface area (Å²) in [5.41, 5.74) is 8.49. The van der Waals surface area contributed by atoms with E-state index in [-0.39, 0.29) is 0 Å². The van der Waals surface area contributed by atoms with Gasteiger partial charge in [0, 0.05) is 12.1 Å². The second-order valence-electron chi connectivity index (χ2n) is 6.34. The fraction of sp³-hybridized carbons (Fsp3) is 0.500. The lowest BCUT2D eigenvalue weighted by Gasteiger charge is -2.29. The maximum Gasteiger partial charge on any atom is 0.0751 e. The fourth-order valence-electron chi connectivity index (χ4n) is 3.33. The van der Waals surface area contributed by atoms with Gasteiger partial charge < -0.3 is 0 Å². The lowest BCUT2D eigenvalue weighted by Crippen LogP contribution is -2.27. The molecule has 1 aliphatic carbocycles. The first kappa shape index (κ1) is 13.4. The van der Waals surface area contributed by atoms with E-state index >= 15 is 0 Å². The van der Waals surface area contributed by atoms with Crippen LogP contribution in [0.1, 0.15) is 50.2 Å². The molecule has 1 aliphatic heterocycles. The molecule has 2 atom stereocenters. The number of nitrogens with zero attached hydrogens (tertiary/aromatic N) is 1. The third kappa shape index (κ3) is 2.79. The SMILES string of the molecule is Cc1ccc(C2=NNC=C3CCC(C)CCCC32)cc1. The van der Waals surface area contributed by atoms with Gasteiger partial charge in [0.05, 0.1) is 5.71 Å². The highest BCUT2D eigenvalue weighted by Gasteiger charge is 2.26. The van der Waals surface area contributed by atoms with Crippen molar-refractivity contribution in [2.45, 2.75) is 46.0 Å². The zero-order valence-corrected chi connectivity index (χ0v) is 12.5. The minimum Gasteiger partial charge on any atom is -0.286 e. The first-order valence-electron chi connectivity index (χ1n) is 7.83. The number of rotatable bonds is 1. The van der Waals surface area contributed by atoms with Crippen molar-refractivity contribution in [3.63, 3.8) is 0 Å². The van der Waals surface area contributed by atoms with Crippen LogP contribution < -0.4 is 5.43 Å². The summed E-state index contributed by atoms with van der Waals surface area (Å²) in [5.74, 6) is 1.38. The fourth-order valence-corrected chi connectivity index (χ4v) is 3.33. The molecule has 1 aromatic rings. The Kier molecular flexibility index (Phi) is 3.90. The van der Waals surface area contributed by atoms with Crippen LogP contribution in [0.25, 0.3) is 0 Å². The van der Waals surface area contributed by atoms with Crippen molar-refractivity contribution in [3.05, 3.63) is 47.2 Å². The van der Waals surface area contributed by atoms with Crippen molar-refractivity contribution in [1.29, 1.82) is 0 Å². The molecule has 1 saturated carbocycles. The topological polar surface area (TPSA) is 24.4 Å². The van der Waals surface area contributed by atoms with Gasteiger partial charge in [-0.1, -0.05) is 49.6 Å². The van der Waals surface area contributed by atoms with Crippen molar-refractivity contribution in [2.24, 2.45) is 16.9 Å². The van der Waals surface area contributed by atoms with Gasteiger partial charge >= 0.3 is 0 Å². The molecular weight excluding hydrogens is 244 g/mol. The molecule has 1 N–H and O–H groups in total. The number of hydrogen-bond donors (Lipinski definition) is 1. The Bertz CT molecular complexity index is 525. The molecule has 0 aromatic heterocycles. The summed E-state index contributed by atoms with van der Waals surface area (Å²) < 4.78 is 0. The molecule has 3 rings (SSSR count). The van der Waals surface area contributed by atoms with Crippen LogP contribution in [-0.2, 0) is 0 Å². The van der Waals surface area contributed by atoms with Crippen LogP contribution in [0, 0.1) is 18.8 Å². The lowest BCUT2D eigenvalue weighted by atomic mass is 9.79. The zero-order chi connectivity index (χ0) is 13.9. The molecule has 1 heterocycles. The minimum atomic E-state index is 0.520. The number of nitrogens with one attached hydrogen (secondary N) is 1. The molecular formula is C18H24N2. The average molecular weight is 268 g/mol. The first-order chi connectivity index (χ1) is 9.74. The van der Waals surface area contributed by atoms with E-state index in [1.165, 1.54) is 48.9 Å². The number of benzene rings is 1. The van der Waals surface area contributed by atoms with Gasteiger partial charge in [-0.05, 0) is 43.2 Å². The number of fused-ring (bicyclic) bond motifs is 1. The molecule has 2 nitrogen and oxygen atoms in total. The summed E-state index contributed by atoms with van der Waals surface area (Å²) >= 11 is 0. The highest BCUT2D eigenvalue weighted by molar-refractivity contribution is 6.04. The zero-order valence-electron chi connectivity index (χ0n) is 12.5. The summed E-state index contributed by atoms with van der Waals surface area (Å²) in [5, 5.41) is 4.60. The van der Waals surface area contributed by atoms with Gasteiger partial charge in [-0.2, -0.15) is 5.10 Å². The average Bonchev–Trinajstić information content (AvgIpc) is 2.44. The van der Waals surface area contributed by atoms with E-state index in [4.69, 9.17) is 0 Å². The van der Waals surface area contributed by atoms with Crippen LogP contribution in [0.15, 0.2) is 41.1 Å². The van der Waals surface area contributed by atoms with Crippen LogP contribution >= 0.6 is 0 Å². The van der Waals surface area contributed by atoms with E-state index < -0.39 is 0 Å². The van der Waals surface area contributed by atoms with Gasteiger partial charge in [-0.3, -0.25) is 5.43 Å². The lowest BCUT2D eigenvalue weighted by molar-refractivity contribution is 0.419. The monoisotopic (exact) mass is 268 g/mol. The highest BCUT2D eigenvalue weighted by atomic mass is 15.3. The predicted molar refractivity (Wildman–Crippen MR) is 84.7 cm³/mol. The second-order valence-corrected chi connectivity index (χ2v) is 6.34. The molecule has 20 heavy (non-hydrogen) atoms. The van der Waals surface area contributed by atoms with E-state index in [1.54, 1.807) is 5.57 Å². The van der Waals surface area contributed by atoms with E-state index in [9.17, 15) is 0 Å². The quantitative estimate of drug-likeness (QED) is 0.802. The van der Waals surface area contributed by atoms with Gasteiger partial charge in [-0.25, -0.2) is 0 Å². The maximum atomic E-state index is 4.60. The highest BCUT2D eigenvalue weighted by Crippen LogP contribution is 2.33. The minimum absolute atomic E-state index is 0.520. The normalized spacial score (nSPS) is 26.5. The number of allylic oxidation sites excluding steroid dienone is 1. The Labute approximate surface area is 122 Å². The van der Waals surface area contributed by atoms with Crippen LogP contribution in [0.4, 0.5) is 0 Å². The molecule has 2 heteroatoms. The van der Waals surface area contributed by atoms with Gasteiger partial charge in [0.1, 0.15) is 0 Å². The summed E-state index contributed by atoms with van der Waals surface area (Å²) in [4.78, 5) is 0. The van der Waals surface area contributed by atoms with Crippen LogP contribution in [-0.4, -0.2) is 5.71 Å². The van der Waals surface area contributed by atoms with Gasteiger partial charge in [-0.15, -0.1) is 0 Å². The molecule has 106 valence electrons. The first-order valence-corrected chi connectivity index (χ1v) is 7.83. The molecule has 1 aromatic carbocycles. The van der Waals surface area contributed by atoms with E-state index in [1.807, 2.05) is 0 Å². The standard InChI is InChI=1S/C18H24N2/c1-13-4-3-5-17-16(11-8-13)12-19-20-18(17)15-9-6-14(2)7-10-15/h6-7,9-10,12-13,17,19H,3-5,8,11H2,1-2H3. The van der Waals surface area contributed by atoms with E-state index in [0.29, 0.717) is 5.92 Å². The van der Waals surface area contributed by atoms with E-state index in [0.717, 1.165) is 5.92 Å². The van der Waals surface area contributed by atoms with Crippen LogP contribution in [0.3, 0.4) is 0 Å². The van der Waals surface area contributed by atoms with Crippen molar-refractivity contribution in [1.82, 2.24) is 5.43 Å². The molecule has 0 radical (unpaired) electrons. The summed E-state index contributed by atoms with van der Waals surface area (Å²) in [6.45, 7) is 4.51. The van der Waals surface area contributed by atoms with Gasteiger partial charge in [0.25, 0.3) is 0 Å². The summed E-state index contributed by atoms with van der Waals surface area (Å²) in [6.07, 6.45) is 8.58. The van der Waals surface area contributed by atoms with Crippen molar-refractivity contribution in [3.8, 4) is 0 Å². The summed E-state index contributed by atoms with van der Waals surface area (Å²) in [7, 11) is 0. The van der Waals surface area contributed by atoms with Crippen LogP contribution in [0.2, 0.25) is 0 Å². The predicted octanol–water partition coefficient (Wildman–Crippen LogP) is 4.40. The Balaban J connectivity index is 1.85. The van der Waals surface area contributed by atoms with E-state index in [2.05, 4.69) is 54.8 Å². The largest absolute Gasteiger partial charge is 0.286 e. The third-order valence-corrected chi connectivity index (χ3v) is 4.68. The van der Waals surface area contributed by atoms with Gasteiger partial charge in [0.2, 0.25) is 0 Å². The Hall–Kier alpha value is -1.57. The molecule has 0 bridgehead atoms. The summed E-state index contributed by atoms with van der Waals surface area (Å²) in [6, 6.07) is 8.78. The molecule has 0 saturated heterocycles. The Morgan fingerprint density at radius 3 is 2.70 bits per heavy atom. The van der Waals surface area contributed by atoms with Gasteiger partial charge in [0.15, 0.2) is 0 Å². The van der Waals surface area contributed by atoms with Crippen molar-refractivity contribution < 1.29 is 0 Å². The Morgan fingerprint density at radius 2 is 1.90 bits per heavy atom. The smallest absolute Gasteiger partial charge is 0.0751 e. The number of hydrogen-bond acceptors (Lipinski definition) is 2. The third-order valence-electron chi connectivity index (χ3n) is 4.68. The van der Waals surface area contributed by atoms with Crippen molar-refractivity contribution in [2.75, 3.05) is 0 Å². The van der Waals surface area contributed by atoms with Crippen LogP contribution in [0.5, 0.6) is 0 Å². The second kappa shape index (κ2) is 5.82. The molecule has 2 unspecified atom stereocenters. The molecule has 0 amide bonds. The molecule has 1 fully saturated rings. The molecule has 2 aliphatic rings. The maximum absolute atomic E-state index is 4.60.